The molecular formula is C15H13ClFN3O3S. The summed E-state index contributed by atoms with van der Waals surface area (Å²) in [5.74, 6) is -0.165. The number of hydrogen-bond donors (Lipinski definition) is 2. The molecule has 0 aromatic heterocycles. The average Bonchev–Trinajstić information content (AvgIpc) is 2.52. The van der Waals surface area contributed by atoms with Crippen LogP contribution in [0.2, 0.25) is 5.02 Å². The van der Waals surface area contributed by atoms with Crippen LogP contribution in [0.1, 0.15) is 6.92 Å². The van der Waals surface area contributed by atoms with Gasteiger partial charge in [-0.05, 0) is 49.5 Å². The highest BCUT2D eigenvalue weighted by Gasteiger charge is 2.16. The van der Waals surface area contributed by atoms with Crippen LogP contribution in [0.3, 0.4) is 0 Å². The van der Waals surface area contributed by atoms with E-state index >= 15 is 0 Å². The summed E-state index contributed by atoms with van der Waals surface area (Å²) in [4.78, 5) is 10.6. The summed E-state index contributed by atoms with van der Waals surface area (Å²) in [5, 5.41) is 16.7. The van der Waals surface area contributed by atoms with Gasteiger partial charge in [-0.2, -0.15) is 0 Å². The fourth-order valence-corrected chi connectivity index (χ4v) is 2.29. The molecule has 2 aromatic carbocycles. The number of nitrogens with one attached hydrogen (secondary N) is 2. The SMILES string of the molecule is CCOc1ccc(NC(=S)Nc2ccc(F)c(Cl)c2)c([N+](=O)[O-])c1. The fourth-order valence-electron chi connectivity index (χ4n) is 1.88. The van der Waals surface area contributed by atoms with Crippen molar-refractivity contribution in [2.24, 2.45) is 0 Å². The number of thiocarbonyl (C=S) groups is 1. The number of nitro groups is 1. The molecule has 0 aliphatic rings. The number of halogens is 2. The van der Waals surface area contributed by atoms with Crippen LogP contribution in [0.5, 0.6) is 5.75 Å². The van der Waals surface area contributed by atoms with Gasteiger partial charge in [-0.3, -0.25) is 10.1 Å². The largest absolute Gasteiger partial charge is 0.494 e. The van der Waals surface area contributed by atoms with Gasteiger partial charge in [0.25, 0.3) is 5.69 Å². The number of benzene rings is 2. The van der Waals surface area contributed by atoms with Crippen molar-refractivity contribution in [1.29, 1.82) is 0 Å². The summed E-state index contributed by atoms with van der Waals surface area (Å²) >= 11 is 10.8. The van der Waals surface area contributed by atoms with Gasteiger partial charge in [-0.1, -0.05) is 11.6 Å². The lowest BCUT2D eigenvalue weighted by Gasteiger charge is -2.12. The molecule has 0 spiro atoms. The summed E-state index contributed by atoms with van der Waals surface area (Å²) in [6.45, 7) is 2.18. The van der Waals surface area contributed by atoms with Crippen LogP contribution in [0, 0.1) is 15.9 Å². The third-order valence-electron chi connectivity index (χ3n) is 2.90. The minimum Gasteiger partial charge on any atom is -0.494 e. The van der Waals surface area contributed by atoms with Crippen LogP contribution in [0.25, 0.3) is 0 Å². The molecule has 0 unspecified atom stereocenters. The van der Waals surface area contributed by atoms with Crippen molar-refractivity contribution < 1.29 is 14.1 Å². The van der Waals surface area contributed by atoms with Gasteiger partial charge in [0.05, 0.1) is 22.6 Å². The highest BCUT2D eigenvalue weighted by atomic mass is 35.5. The van der Waals surface area contributed by atoms with Crippen LogP contribution in [0.15, 0.2) is 36.4 Å². The van der Waals surface area contributed by atoms with Gasteiger partial charge in [0.1, 0.15) is 17.3 Å². The van der Waals surface area contributed by atoms with E-state index in [-0.39, 0.29) is 21.5 Å². The third-order valence-corrected chi connectivity index (χ3v) is 3.40. The smallest absolute Gasteiger partial charge is 0.296 e. The van der Waals surface area contributed by atoms with E-state index in [2.05, 4.69) is 10.6 Å². The van der Waals surface area contributed by atoms with E-state index in [1.165, 1.54) is 30.3 Å². The Bertz CT molecular complexity index is 789. The van der Waals surface area contributed by atoms with Crippen molar-refractivity contribution in [3.8, 4) is 5.75 Å². The summed E-state index contributed by atoms with van der Waals surface area (Å²) in [7, 11) is 0. The first-order chi connectivity index (χ1) is 11.4. The van der Waals surface area contributed by atoms with Crippen molar-refractivity contribution in [3.63, 3.8) is 0 Å². The first-order valence-electron chi connectivity index (χ1n) is 6.85. The molecule has 2 aromatic rings. The molecule has 2 rings (SSSR count). The average molecular weight is 370 g/mol. The highest BCUT2D eigenvalue weighted by Crippen LogP contribution is 2.29. The van der Waals surface area contributed by atoms with Crippen molar-refractivity contribution in [2.45, 2.75) is 6.92 Å². The molecule has 0 amide bonds. The predicted octanol–water partition coefficient (Wildman–Crippen LogP) is 4.59. The van der Waals surface area contributed by atoms with Gasteiger partial charge in [0.2, 0.25) is 0 Å². The molecule has 0 aliphatic carbocycles. The standard InChI is InChI=1S/C15H13ClFN3O3S/c1-2-23-10-4-6-13(14(8-10)20(21)22)19-15(24)18-9-3-5-12(17)11(16)7-9/h3-8H,2H2,1H3,(H2,18,19,24). The topological polar surface area (TPSA) is 76.4 Å². The lowest BCUT2D eigenvalue weighted by atomic mass is 10.2. The number of ether oxygens (including phenoxy) is 1. The van der Waals surface area contributed by atoms with Crippen LogP contribution < -0.4 is 15.4 Å². The summed E-state index contributed by atoms with van der Waals surface area (Å²) in [6, 6.07) is 8.39. The molecule has 24 heavy (non-hydrogen) atoms. The molecule has 0 aliphatic heterocycles. The van der Waals surface area contributed by atoms with E-state index in [1.807, 2.05) is 0 Å². The predicted molar refractivity (Wildman–Crippen MR) is 95.5 cm³/mol. The van der Waals surface area contributed by atoms with Crippen LogP contribution >= 0.6 is 23.8 Å². The number of hydrogen-bond acceptors (Lipinski definition) is 4. The van der Waals surface area contributed by atoms with E-state index in [0.717, 1.165) is 0 Å². The van der Waals surface area contributed by atoms with Crippen LogP contribution in [-0.4, -0.2) is 16.6 Å². The molecule has 2 N–H and O–H groups in total. The molecule has 0 fully saturated rings. The minimum atomic E-state index is -0.553. The zero-order chi connectivity index (χ0) is 17.7. The Morgan fingerprint density at radius 2 is 2.08 bits per heavy atom. The van der Waals surface area contributed by atoms with E-state index < -0.39 is 10.7 Å². The Morgan fingerprint density at radius 3 is 2.71 bits per heavy atom. The quantitative estimate of drug-likeness (QED) is 0.456. The van der Waals surface area contributed by atoms with E-state index in [9.17, 15) is 14.5 Å². The van der Waals surface area contributed by atoms with Crippen molar-refractivity contribution in [3.05, 3.63) is 57.4 Å². The maximum Gasteiger partial charge on any atom is 0.296 e. The third kappa shape index (κ3) is 4.53. The molecule has 0 saturated heterocycles. The molecule has 0 saturated carbocycles. The molecular weight excluding hydrogens is 357 g/mol. The lowest BCUT2D eigenvalue weighted by Crippen LogP contribution is -2.19. The summed E-state index contributed by atoms with van der Waals surface area (Å²) < 4.78 is 18.4. The molecule has 0 atom stereocenters. The molecule has 6 nitrogen and oxygen atoms in total. The minimum absolute atomic E-state index is 0.0603. The molecule has 0 bridgehead atoms. The second-order valence-electron chi connectivity index (χ2n) is 4.58. The van der Waals surface area contributed by atoms with Crippen molar-refractivity contribution in [1.82, 2.24) is 0 Å². The Kier molecular flexibility index (Phi) is 5.88. The molecule has 0 radical (unpaired) electrons. The first kappa shape index (κ1) is 17.9. The van der Waals surface area contributed by atoms with Gasteiger partial charge >= 0.3 is 0 Å². The first-order valence-corrected chi connectivity index (χ1v) is 7.63. The highest BCUT2D eigenvalue weighted by molar-refractivity contribution is 7.80. The van der Waals surface area contributed by atoms with Gasteiger partial charge in [0, 0.05) is 5.69 Å². The zero-order valence-electron chi connectivity index (χ0n) is 12.5. The monoisotopic (exact) mass is 369 g/mol. The van der Waals surface area contributed by atoms with E-state index in [1.54, 1.807) is 13.0 Å². The Balaban J connectivity index is 2.15. The van der Waals surface area contributed by atoms with Gasteiger partial charge in [-0.25, -0.2) is 4.39 Å². The Hall–Kier alpha value is -2.45. The number of nitrogens with zero attached hydrogens (tertiary/aromatic N) is 1. The van der Waals surface area contributed by atoms with Gasteiger partial charge in [0.15, 0.2) is 5.11 Å². The molecule has 0 heterocycles. The Labute approximate surface area is 147 Å². The van der Waals surface area contributed by atoms with Crippen LogP contribution in [-0.2, 0) is 0 Å². The van der Waals surface area contributed by atoms with Crippen molar-refractivity contribution in [2.75, 3.05) is 17.2 Å². The molecule has 126 valence electrons. The fraction of sp³-hybridized carbons (Fsp3) is 0.133. The maximum absolute atomic E-state index is 13.1. The lowest BCUT2D eigenvalue weighted by molar-refractivity contribution is -0.384. The molecule has 9 heteroatoms. The van der Waals surface area contributed by atoms with Crippen LogP contribution in [0.4, 0.5) is 21.5 Å². The van der Waals surface area contributed by atoms with Gasteiger partial charge in [-0.15, -0.1) is 0 Å². The second kappa shape index (κ2) is 7.89. The maximum atomic E-state index is 13.1. The normalized spacial score (nSPS) is 10.1. The van der Waals surface area contributed by atoms with Gasteiger partial charge < -0.3 is 15.4 Å². The number of rotatable bonds is 5. The number of anilines is 2. The number of nitro benzene ring substituents is 1. The Morgan fingerprint density at radius 1 is 1.33 bits per heavy atom. The summed E-state index contributed by atoms with van der Waals surface area (Å²) in [5.41, 5.74) is 0.476. The van der Waals surface area contributed by atoms with E-state index in [0.29, 0.717) is 18.0 Å². The zero-order valence-corrected chi connectivity index (χ0v) is 14.1. The van der Waals surface area contributed by atoms with Crippen molar-refractivity contribution >= 4 is 46.0 Å². The summed E-state index contributed by atoms with van der Waals surface area (Å²) in [6.07, 6.45) is 0. The van der Waals surface area contributed by atoms with E-state index in [4.69, 9.17) is 28.6 Å². The second-order valence-corrected chi connectivity index (χ2v) is 5.39.